The van der Waals surface area contributed by atoms with Crippen LogP contribution in [0.5, 0.6) is 0 Å². The molecule has 0 aromatic heterocycles. The standard InChI is InChI=1S/C15H24OSi/c1-5-17(6-2,7-3)16-14(4)13-15-11-9-8-10-12-15/h8-13H,5-7H2,1-4H3/b14-13+. The van der Waals surface area contributed by atoms with Gasteiger partial charge in [0, 0.05) is 0 Å². The van der Waals surface area contributed by atoms with Gasteiger partial charge in [0.1, 0.15) is 0 Å². The van der Waals surface area contributed by atoms with Crippen LogP contribution < -0.4 is 0 Å². The van der Waals surface area contributed by atoms with Crippen molar-refractivity contribution in [2.24, 2.45) is 0 Å². The van der Waals surface area contributed by atoms with E-state index in [0.29, 0.717) is 0 Å². The molecule has 0 aliphatic rings. The predicted molar refractivity (Wildman–Crippen MR) is 78.4 cm³/mol. The molecule has 0 saturated heterocycles. The van der Waals surface area contributed by atoms with E-state index < -0.39 is 8.32 Å². The molecule has 2 heteroatoms. The van der Waals surface area contributed by atoms with Gasteiger partial charge in [-0.15, -0.1) is 0 Å². The molecule has 0 amide bonds. The Morgan fingerprint density at radius 3 is 2.06 bits per heavy atom. The molecule has 17 heavy (non-hydrogen) atoms. The second-order valence-electron chi connectivity index (χ2n) is 4.51. The maximum atomic E-state index is 6.29. The van der Waals surface area contributed by atoms with Gasteiger partial charge in [-0.25, -0.2) is 0 Å². The summed E-state index contributed by atoms with van der Waals surface area (Å²) in [7, 11) is -1.50. The lowest BCUT2D eigenvalue weighted by Crippen LogP contribution is -2.34. The smallest absolute Gasteiger partial charge is 0.250 e. The van der Waals surface area contributed by atoms with Crippen molar-refractivity contribution in [3.05, 3.63) is 41.7 Å². The van der Waals surface area contributed by atoms with Gasteiger partial charge in [0.15, 0.2) is 0 Å². The molecule has 0 aliphatic heterocycles. The third-order valence-electron chi connectivity index (χ3n) is 3.48. The van der Waals surface area contributed by atoms with Crippen LogP contribution >= 0.6 is 0 Å². The summed E-state index contributed by atoms with van der Waals surface area (Å²) in [6, 6.07) is 14.0. The van der Waals surface area contributed by atoms with Gasteiger partial charge in [-0.05, 0) is 36.7 Å². The molecule has 0 heterocycles. The van der Waals surface area contributed by atoms with Crippen LogP contribution in [0.1, 0.15) is 33.3 Å². The molecule has 0 unspecified atom stereocenters. The van der Waals surface area contributed by atoms with Crippen LogP contribution in [0, 0.1) is 0 Å². The average molecular weight is 248 g/mol. The van der Waals surface area contributed by atoms with E-state index in [1.807, 2.05) is 6.07 Å². The van der Waals surface area contributed by atoms with Crippen LogP contribution in [-0.2, 0) is 4.43 Å². The first-order valence-corrected chi connectivity index (χ1v) is 9.11. The third-order valence-corrected chi connectivity index (χ3v) is 8.10. The van der Waals surface area contributed by atoms with Crippen LogP contribution in [0.25, 0.3) is 6.08 Å². The predicted octanol–water partition coefficient (Wildman–Crippen LogP) is 5.07. The number of allylic oxidation sites excluding steroid dienone is 1. The second kappa shape index (κ2) is 6.65. The van der Waals surface area contributed by atoms with Crippen LogP contribution in [-0.4, -0.2) is 8.32 Å². The Morgan fingerprint density at radius 2 is 1.59 bits per heavy atom. The van der Waals surface area contributed by atoms with Crippen LogP contribution in [0.3, 0.4) is 0 Å². The van der Waals surface area contributed by atoms with E-state index in [0.717, 1.165) is 5.76 Å². The Kier molecular flexibility index (Phi) is 5.49. The van der Waals surface area contributed by atoms with Crippen LogP contribution in [0.2, 0.25) is 18.1 Å². The van der Waals surface area contributed by atoms with E-state index in [1.165, 1.54) is 23.7 Å². The van der Waals surface area contributed by atoms with Gasteiger partial charge in [0.25, 0.3) is 0 Å². The fraction of sp³-hybridized carbons (Fsp3) is 0.467. The lowest BCUT2D eigenvalue weighted by atomic mass is 10.2. The average Bonchev–Trinajstić information content (AvgIpc) is 2.37. The number of rotatable bonds is 6. The molecule has 0 fully saturated rings. The second-order valence-corrected chi connectivity index (χ2v) is 9.20. The van der Waals surface area contributed by atoms with Crippen molar-refractivity contribution < 1.29 is 4.43 Å². The molecule has 0 N–H and O–H groups in total. The number of benzene rings is 1. The minimum Gasteiger partial charge on any atom is -0.547 e. The zero-order chi connectivity index (χ0) is 12.7. The monoisotopic (exact) mass is 248 g/mol. The van der Waals surface area contributed by atoms with Gasteiger partial charge in [-0.1, -0.05) is 51.1 Å². The molecule has 0 atom stereocenters. The molecule has 1 aromatic carbocycles. The molecule has 1 aromatic rings. The number of hydrogen-bond acceptors (Lipinski definition) is 1. The topological polar surface area (TPSA) is 9.23 Å². The first-order valence-electron chi connectivity index (χ1n) is 6.58. The SMILES string of the molecule is CC[Si](CC)(CC)O/C(C)=C/c1ccccc1. The molecule has 0 spiro atoms. The van der Waals surface area contributed by atoms with Crippen LogP contribution in [0.4, 0.5) is 0 Å². The van der Waals surface area contributed by atoms with Gasteiger partial charge in [-0.3, -0.25) is 0 Å². The number of hydrogen-bond donors (Lipinski definition) is 0. The maximum Gasteiger partial charge on any atom is 0.250 e. The highest BCUT2D eigenvalue weighted by Crippen LogP contribution is 2.25. The van der Waals surface area contributed by atoms with Crippen molar-refractivity contribution in [2.45, 2.75) is 45.8 Å². The van der Waals surface area contributed by atoms with Gasteiger partial charge >= 0.3 is 0 Å². The molecule has 1 rings (SSSR count). The van der Waals surface area contributed by atoms with E-state index in [9.17, 15) is 0 Å². The first-order chi connectivity index (χ1) is 8.15. The summed E-state index contributed by atoms with van der Waals surface area (Å²) < 4.78 is 6.29. The summed E-state index contributed by atoms with van der Waals surface area (Å²) in [6.45, 7) is 8.86. The summed E-state index contributed by atoms with van der Waals surface area (Å²) in [4.78, 5) is 0. The molecule has 1 nitrogen and oxygen atoms in total. The van der Waals surface area contributed by atoms with E-state index in [2.05, 4.69) is 58.0 Å². The zero-order valence-corrected chi connectivity index (χ0v) is 12.5. The zero-order valence-electron chi connectivity index (χ0n) is 11.5. The summed E-state index contributed by atoms with van der Waals surface area (Å²) in [5.74, 6) is 1.06. The fourth-order valence-electron chi connectivity index (χ4n) is 2.12. The van der Waals surface area contributed by atoms with Gasteiger partial charge in [0.2, 0.25) is 8.32 Å². The Hall–Kier alpha value is -1.02. The molecule has 0 bridgehead atoms. The van der Waals surface area contributed by atoms with E-state index in [-0.39, 0.29) is 0 Å². The molecular formula is C15H24OSi. The van der Waals surface area contributed by atoms with Gasteiger partial charge in [0.05, 0.1) is 5.76 Å². The largest absolute Gasteiger partial charge is 0.547 e. The Morgan fingerprint density at radius 1 is 1.06 bits per heavy atom. The molecule has 0 saturated carbocycles. The van der Waals surface area contributed by atoms with E-state index in [1.54, 1.807) is 0 Å². The van der Waals surface area contributed by atoms with Crippen molar-refractivity contribution in [3.8, 4) is 0 Å². The van der Waals surface area contributed by atoms with E-state index >= 15 is 0 Å². The first kappa shape index (κ1) is 14.0. The Bertz CT molecular complexity index is 344. The highest BCUT2D eigenvalue weighted by Gasteiger charge is 2.30. The quantitative estimate of drug-likeness (QED) is 0.504. The molecular weight excluding hydrogens is 224 g/mol. The Labute approximate surface area is 107 Å². The molecule has 94 valence electrons. The fourth-order valence-corrected chi connectivity index (χ4v) is 4.80. The summed E-state index contributed by atoms with van der Waals surface area (Å²) in [6.07, 6.45) is 2.14. The molecule has 0 radical (unpaired) electrons. The maximum absolute atomic E-state index is 6.29. The third kappa shape index (κ3) is 4.04. The van der Waals surface area contributed by atoms with Gasteiger partial charge in [-0.2, -0.15) is 0 Å². The van der Waals surface area contributed by atoms with Crippen molar-refractivity contribution in [2.75, 3.05) is 0 Å². The Balaban J connectivity index is 2.77. The van der Waals surface area contributed by atoms with Crippen molar-refractivity contribution >= 4 is 14.4 Å². The van der Waals surface area contributed by atoms with Crippen molar-refractivity contribution in [1.82, 2.24) is 0 Å². The van der Waals surface area contributed by atoms with Crippen molar-refractivity contribution in [1.29, 1.82) is 0 Å². The van der Waals surface area contributed by atoms with E-state index in [4.69, 9.17) is 4.43 Å². The summed E-state index contributed by atoms with van der Waals surface area (Å²) >= 11 is 0. The highest BCUT2D eigenvalue weighted by atomic mass is 28.4. The normalized spacial score (nSPS) is 12.6. The van der Waals surface area contributed by atoms with Crippen molar-refractivity contribution in [3.63, 3.8) is 0 Å². The lowest BCUT2D eigenvalue weighted by molar-refractivity contribution is 0.411. The summed E-state index contributed by atoms with van der Waals surface area (Å²) in [5.41, 5.74) is 1.22. The minimum atomic E-state index is -1.50. The summed E-state index contributed by atoms with van der Waals surface area (Å²) in [5, 5.41) is 0. The molecule has 0 aliphatic carbocycles. The van der Waals surface area contributed by atoms with Gasteiger partial charge < -0.3 is 4.43 Å². The minimum absolute atomic E-state index is 1.06. The van der Waals surface area contributed by atoms with Crippen LogP contribution in [0.15, 0.2) is 36.1 Å². The lowest BCUT2D eigenvalue weighted by Gasteiger charge is -2.29. The highest BCUT2D eigenvalue weighted by molar-refractivity contribution is 6.73.